The molecule has 0 fully saturated rings. The molecule has 0 aromatic heterocycles. The first-order valence-corrected chi connectivity index (χ1v) is 5.47. The zero-order chi connectivity index (χ0) is 11.5. The Morgan fingerprint density at radius 3 is 2.56 bits per heavy atom. The van der Waals surface area contributed by atoms with E-state index in [4.69, 9.17) is 23.2 Å². The largest absolute Gasteiger partial charge is 0.298 e. The maximum Gasteiger partial charge on any atom is 0.150 e. The van der Waals surface area contributed by atoms with Crippen molar-refractivity contribution in [3.8, 4) is 11.1 Å². The van der Waals surface area contributed by atoms with Crippen molar-refractivity contribution in [1.82, 2.24) is 0 Å². The number of rotatable bonds is 2. The Hall–Kier alpha value is -1.31. The van der Waals surface area contributed by atoms with E-state index in [1.807, 2.05) is 12.1 Å². The van der Waals surface area contributed by atoms with Gasteiger partial charge >= 0.3 is 0 Å². The third-order valence-electron chi connectivity index (χ3n) is 2.26. The molecule has 2 aromatic rings. The number of hydrogen-bond donors (Lipinski definition) is 0. The van der Waals surface area contributed by atoms with Gasteiger partial charge < -0.3 is 0 Å². The first kappa shape index (κ1) is 11.2. The third-order valence-corrected chi connectivity index (χ3v) is 2.83. The van der Waals surface area contributed by atoms with E-state index in [2.05, 4.69) is 0 Å². The maximum absolute atomic E-state index is 10.7. The number of aldehydes is 1. The monoisotopic (exact) mass is 250 g/mol. The van der Waals surface area contributed by atoms with Gasteiger partial charge in [-0.05, 0) is 29.8 Å². The van der Waals surface area contributed by atoms with E-state index < -0.39 is 0 Å². The maximum atomic E-state index is 10.7. The number of hydrogen-bond acceptors (Lipinski definition) is 1. The van der Waals surface area contributed by atoms with Crippen LogP contribution in [-0.2, 0) is 0 Å². The van der Waals surface area contributed by atoms with Gasteiger partial charge in [-0.1, -0.05) is 41.4 Å². The molecule has 0 bridgehead atoms. The summed E-state index contributed by atoms with van der Waals surface area (Å²) in [5, 5.41) is 1.24. The zero-order valence-corrected chi connectivity index (χ0v) is 9.79. The summed E-state index contributed by atoms with van der Waals surface area (Å²) in [7, 11) is 0. The van der Waals surface area contributed by atoms with Gasteiger partial charge in [-0.3, -0.25) is 4.79 Å². The predicted octanol–water partition coefficient (Wildman–Crippen LogP) is 4.47. The molecule has 0 aliphatic heterocycles. The lowest BCUT2D eigenvalue weighted by Crippen LogP contribution is -1.83. The standard InChI is InChI=1S/C13H8Cl2O/c14-11-4-5-13(15)12(7-11)10-3-1-2-9(6-10)8-16/h1-8H. The predicted molar refractivity (Wildman–Crippen MR) is 67.3 cm³/mol. The minimum atomic E-state index is 0.618. The summed E-state index contributed by atoms with van der Waals surface area (Å²) >= 11 is 12.0. The molecule has 2 aromatic carbocycles. The molecule has 2 rings (SSSR count). The summed E-state index contributed by atoms with van der Waals surface area (Å²) in [4.78, 5) is 10.7. The number of benzene rings is 2. The molecule has 0 saturated heterocycles. The first-order chi connectivity index (χ1) is 7.70. The number of carbonyl (C=O) groups is 1. The molecule has 0 saturated carbocycles. The van der Waals surface area contributed by atoms with Crippen LogP contribution in [-0.4, -0.2) is 6.29 Å². The second-order valence-corrected chi connectivity index (χ2v) is 4.21. The van der Waals surface area contributed by atoms with Gasteiger partial charge in [0.2, 0.25) is 0 Å². The van der Waals surface area contributed by atoms with Crippen molar-refractivity contribution in [2.45, 2.75) is 0 Å². The lowest BCUT2D eigenvalue weighted by atomic mass is 10.0. The zero-order valence-electron chi connectivity index (χ0n) is 8.28. The minimum Gasteiger partial charge on any atom is -0.298 e. The van der Waals surface area contributed by atoms with Crippen molar-refractivity contribution >= 4 is 29.5 Å². The van der Waals surface area contributed by atoms with Crippen LogP contribution in [0.25, 0.3) is 11.1 Å². The van der Waals surface area contributed by atoms with Crippen LogP contribution in [0.15, 0.2) is 42.5 Å². The van der Waals surface area contributed by atoms with Gasteiger partial charge in [0.25, 0.3) is 0 Å². The molecule has 0 unspecified atom stereocenters. The lowest BCUT2D eigenvalue weighted by Gasteiger charge is -2.05. The summed E-state index contributed by atoms with van der Waals surface area (Å²) in [5.41, 5.74) is 2.34. The molecule has 1 nitrogen and oxygen atoms in total. The average Bonchev–Trinajstić information content (AvgIpc) is 2.32. The van der Waals surface area contributed by atoms with Crippen LogP contribution in [0.2, 0.25) is 10.0 Å². The summed E-state index contributed by atoms with van der Waals surface area (Å²) in [5.74, 6) is 0. The molecule has 0 spiro atoms. The molecule has 0 radical (unpaired) electrons. The van der Waals surface area contributed by atoms with Gasteiger partial charge in [-0.25, -0.2) is 0 Å². The highest BCUT2D eigenvalue weighted by Crippen LogP contribution is 2.30. The van der Waals surface area contributed by atoms with Crippen LogP contribution in [0, 0.1) is 0 Å². The van der Waals surface area contributed by atoms with Gasteiger partial charge in [0.1, 0.15) is 6.29 Å². The van der Waals surface area contributed by atoms with Crippen molar-refractivity contribution in [3.63, 3.8) is 0 Å². The van der Waals surface area contributed by atoms with E-state index in [1.54, 1.807) is 30.3 Å². The molecular weight excluding hydrogens is 243 g/mol. The minimum absolute atomic E-state index is 0.618. The molecule has 0 aliphatic carbocycles. The van der Waals surface area contributed by atoms with Crippen molar-refractivity contribution < 1.29 is 4.79 Å². The quantitative estimate of drug-likeness (QED) is 0.719. The van der Waals surface area contributed by atoms with Crippen LogP contribution in [0.4, 0.5) is 0 Å². The summed E-state index contributed by atoms with van der Waals surface area (Å²) in [6.45, 7) is 0. The van der Waals surface area contributed by atoms with E-state index in [0.29, 0.717) is 15.6 Å². The van der Waals surface area contributed by atoms with Crippen LogP contribution < -0.4 is 0 Å². The topological polar surface area (TPSA) is 17.1 Å². The van der Waals surface area contributed by atoms with E-state index in [9.17, 15) is 4.79 Å². The van der Waals surface area contributed by atoms with Crippen molar-refractivity contribution in [2.24, 2.45) is 0 Å². The number of carbonyl (C=O) groups excluding carboxylic acids is 1. The van der Waals surface area contributed by atoms with Gasteiger partial charge in [0.05, 0.1) is 0 Å². The summed E-state index contributed by atoms with van der Waals surface area (Å²) < 4.78 is 0. The van der Waals surface area contributed by atoms with Crippen molar-refractivity contribution in [1.29, 1.82) is 0 Å². The summed E-state index contributed by atoms with van der Waals surface area (Å²) in [6, 6.07) is 12.5. The molecule has 0 aliphatic rings. The molecule has 0 heterocycles. The smallest absolute Gasteiger partial charge is 0.150 e. The number of halogens is 2. The Morgan fingerprint density at radius 2 is 1.81 bits per heavy atom. The fourth-order valence-electron chi connectivity index (χ4n) is 1.50. The molecule has 3 heteroatoms. The lowest BCUT2D eigenvalue weighted by molar-refractivity contribution is 0.112. The Morgan fingerprint density at radius 1 is 1.00 bits per heavy atom. The van der Waals surface area contributed by atoms with E-state index in [-0.39, 0.29) is 0 Å². The SMILES string of the molecule is O=Cc1cccc(-c2cc(Cl)ccc2Cl)c1. The molecule has 80 valence electrons. The molecule has 0 amide bonds. The fraction of sp³-hybridized carbons (Fsp3) is 0. The van der Waals surface area contributed by atoms with Crippen molar-refractivity contribution in [2.75, 3.05) is 0 Å². The second kappa shape index (κ2) is 4.69. The van der Waals surface area contributed by atoms with E-state index >= 15 is 0 Å². The Bertz CT molecular complexity index is 535. The van der Waals surface area contributed by atoms with Crippen LogP contribution in [0.3, 0.4) is 0 Å². The van der Waals surface area contributed by atoms with Gasteiger partial charge in [-0.15, -0.1) is 0 Å². The highest BCUT2D eigenvalue weighted by atomic mass is 35.5. The summed E-state index contributed by atoms with van der Waals surface area (Å²) in [6.07, 6.45) is 0.807. The van der Waals surface area contributed by atoms with Gasteiger partial charge in [-0.2, -0.15) is 0 Å². The Labute approximate surface area is 104 Å². The Kier molecular flexibility index (Phi) is 3.28. The fourth-order valence-corrected chi connectivity index (χ4v) is 1.90. The van der Waals surface area contributed by atoms with Crippen LogP contribution in [0.5, 0.6) is 0 Å². The normalized spacial score (nSPS) is 10.1. The van der Waals surface area contributed by atoms with E-state index in [1.165, 1.54) is 0 Å². The van der Waals surface area contributed by atoms with E-state index in [0.717, 1.165) is 17.4 Å². The highest BCUT2D eigenvalue weighted by molar-refractivity contribution is 6.35. The molecular formula is C13H8Cl2O. The van der Waals surface area contributed by atoms with Crippen LogP contribution in [0.1, 0.15) is 10.4 Å². The van der Waals surface area contributed by atoms with Gasteiger partial charge in [0.15, 0.2) is 0 Å². The van der Waals surface area contributed by atoms with Crippen molar-refractivity contribution in [3.05, 3.63) is 58.1 Å². The third kappa shape index (κ3) is 2.26. The Balaban J connectivity index is 2.57. The second-order valence-electron chi connectivity index (χ2n) is 3.37. The van der Waals surface area contributed by atoms with Gasteiger partial charge in [0, 0.05) is 21.2 Å². The highest BCUT2D eigenvalue weighted by Gasteiger charge is 2.04. The molecule has 16 heavy (non-hydrogen) atoms. The first-order valence-electron chi connectivity index (χ1n) is 4.71. The molecule has 0 atom stereocenters. The molecule has 0 N–H and O–H groups in total. The average molecular weight is 251 g/mol. The van der Waals surface area contributed by atoms with Crippen LogP contribution >= 0.6 is 23.2 Å².